The summed E-state index contributed by atoms with van der Waals surface area (Å²) in [6.45, 7) is 11.6. The van der Waals surface area contributed by atoms with Gasteiger partial charge in [-0.2, -0.15) is 0 Å². The first-order valence-electron chi connectivity index (χ1n) is 7.38. The topological polar surface area (TPSA) is 20.2 Å². The van der Waals surface area contributed by atoms with Gasteiger partial charge in [-0.25, -0.2) is 0 Å². The summed E-state index contributed by atoms with van der Waals surface area (Å²) in [6, 6.07) is 13.1. The molecule has 0 aliphatic heterocycles. The molecule has 3 nitrogen and oxygen atoms in total. The zero-order valence-corrected chi connectivity index (χ0v) is 13.0. The maximum absolute atomic E-state index is 3.46. The van der Waals surface area contributed by atoms with Crippen LogP contribution in [-0.4, -0.2) is 17.8 Å². The maximum Gasteiger partial charge on any atom is 0.0564 e. The van der Waals surface area contributed by atoms with E-state index in [0.29, 0.717) is 0 Å². The average molecular weight is 271 g/mol. The Hall–Kier alpha value is -1.90. The van der Waals surface area contributed by atoms with Crippen molar-refractivity contribution in [3.8, 4) is 0 Å². The van der Waals surface area contributed by atoms with Crippen LogP contribution in [0.5, 0.6) is 0 Å². The molecule has 20 heavy (non-hydrogen) atoms. The Balaban J connectivity index is 2.01. The number of hydrogen-bond acceptors (Lipinski definition) is 2. The lowest BCUT2D eigenvalue weighted by Crippen LogP contribution is -2.21. The fourth-order valence-corrected chi connectivity index (χ4v) is 2.50. The van der Waals surface area contributed by atoms with E-state index in [1.54, 1.807) is 0 Å². The van der Waals surface area contributed by atoms with Crippen LogP contribution in [0, 0.1) is 13.8 Å². The molecule has 0 aliphatic carbocycles. The monoisotopic (exact) mass is 271 g/mol. The highest BCUT2D eigenvalue weighted by atomic mass is 15.4. The third kappa shape index (κ3) is 3.16. The molecule has 1 aromatic carbocycles. The Morgan fingerprint density at radius 2 is 1.45 bits per heavy atom. The van der Waals surface area contributed by atoms with Crippen molar-refractivity contribution >= 4 is 5.69 Å². The number of anilines is 1. The van der Waals surface area contributed by atoms with Gasteiger partial charge in [0, 0.05) is 30.2 Å². The molecule has 1 aromatic heterocycles. The van der Waals surface area contributed by atoms with E-state index in [9.17, 15) is 0 Å². The van der Waals surface area contributed by atoms with Gasteiger partial charge < -0.3 is 10.3 Å². The highest BCUT2D eigenvalue weighted by Gasteiger charge is 2.03. The zero-order valence-electron chi connectivity index (χ0n) is 13.0. The van der Waals surface area contributed by atoms with Crippen molar-refractivity contribution in [3.05, 3.63) is 53.3 Å². The molecule has 1 heterocycles. The average Bonchev–Trinajstić information content (AvgIpc) is 2.78. The van der Waals surface area contributed by atoms with Gasteiger partial charge in [-0.05, 0) is 57.5 Å². The molecule has 2 aromatic rings. The number of hydrogen-bond donors (Lipinski definition) is 1. The van der Waals surface area contributed by atoms with Crippen molar-refractivity contribution in [2.24, 2.45) is 0 Å². The molecule has 0 radical (unpaired) electrons. The Morgan fingerprint density at radius 3 is 1.95 bits per heavy atom. The third-order valence-electron chi connectivity index (χ3n) is 3.78. The molecule has 0 bridgehead atoms. The van der Waals surface area contributed by atoms with Crippen molar-refractivity contribution in [1.82, 2.24) is 4.68 Å². The van der Waals surface area contributed by atoms with Crippen molar-refractivity contribution in [2.45, 2.75) is 34.2 Å². The molecule has 0 unspecified atom stereocenters. The largest absolute Gasteiger partial charge is 0.372 e. The minimum absolute atomic E-state index is 0.842. The van der Waals surface area contributed by atoms with Gasteiger partial charge in [-0.1, -0.05) is 12.1 Å². The van der Waals surface area contributed by atoms with Gasteiger partial charge >= 0.3 is 0 Å². The highest BCUT2D eigenvalue weighted by Crippen LogP contribution is 2.15. The summed E-state index contributed by atoms with van der Waals surface area (Å²) < 4.78 is 2.14. The van der Waals surface area contributed by atoms with Crippen molar-refractivity contribution in [2.75, 3.05) is 23.4 Å². The van der Waals surface area contributed by atoms with E-state index in [-0.39, 0.29) is 0 Å². The van der Waals surface area contributed by atoms with Crippen LogP contribution in [0.15, 0.2) is 36.4 Å². The number of nitrogens with one attached hydrogen (secondary N) is 1. The molecule has 108 valence electrons. The van der Waals surface area contributed by atoms with Crippen LogP contribution in [0.2, 0.25) is 0 Å². The summed E-state index contributed by atoms with van der Waals surface area (Å²) in [6.07, 6.45) is 0. The summed E-state index contributed by atoms with van der Waals surface area (Å²) >= 11 is 0. The summed E-state index contributed by atoms with van der Waals surface area (Å²) in [7, 11) is 0. The SMILES string of the molecule is CCN(CC)c1ccc(CNn2c(C)ccc2C)cc1. The molecule has 0 fully saturated rings. The van der Waals surface area contributed by atoms with Gasteiger partial charge in [-0.15, -0.1) is 0 Å². The van der Waals surface area contributed by atoms with Gasteiger partial charge in [0.25, 0.3) is 0 Å². The molecule has 0 spiro atoms. The van der Waals surface area contributed by atoms with E-state index in [1.165, 1.54) is 22.6 Å². The first kappa shape index (κ1) is 14.5. The van der Waals surface area contributed by atoms with E-state index in [4.69, 9.17) is 0 Å². The number of nitrogens with zero attached hydrogens (tertiary/aromatic N) is 2. The molecule has 0 aliphatic rings. The number of aromatic nitrogens is 1. The van der Waals surface area contributed by atoms with E-state index in [0.717, 1.165) is 19.6 Å². The van der Waals surface area contributed by atoms with Gasteiger partial charge in [-0.3, -0.25) is 4.68 Å². The summed E-state index contributed by atoms with van der Waals surface area (Å²) in [5, 5.41) is 0. The Bertz CT molecular complexity index is 516. The molecule has 0 amide bonds. The molecule has 3 heteroatoms. The zero-order chi connectivity index (χ0) is 14.5. The minimum Gasteiger partial charge on any atom is -0.372 e. The summed E-state index contributed by atoms with van der Waals surface area (Å²) in [5.74, 6) is 0. The summed E-state index contributed by atoms with van der Waals surface area (Å²) in [5.41, 5.74) is 8.53. The van der Waals surface area contributed by atoms with E-state index in [2.05, 4.69) is 79.1 Å². The van der Waals surface area contributed by atoms with Crippen LogP contribution in [0.25, 0.3) is 0 Å². The molecule has 0 saturated heterocycles. The molecule has 1 N–H and O–H groups in total. The first-order valence-corrected chi connectivity index (χ1v) is 7.38. The molecular weight excluding hydrogens is 246 g/mol. The van der Waals surface area contributed by atoms with Gasteiger partial charge in [0.15, 0.2) is 0 Å². The van der Waals surface area contributed by atoms with Crippen LogP contribution >= 0.6 is 0 Å². The normalized spacial score (nSPS) is 10.6. The smallest absolute Gasteiger partial charge is 0.0564 e. The number of rotatable bonds is 6. The van der Waals surface area contributed by atoms with E-state index in [1.807, 2.05) is 0 Å². The number of aryl methyl sites for hydroxylation is 2. The lowest BCUT2D eigenvalue weighted by Gasteiger charge is -2.21. The Labute approximate surface area is 122 Å². The van der Waals surface area contributed by atoms with Crippen molar-refractivity contribution in [1.29, 1.82) is 0 Å². The van der Waals surface area contributed by atoms with Crippen molar-refractivity contribution in [3.63, 3.8) is 0 Å². The predicted octanol–water partition coefficient (Wildman–Crippen LogP) is 3.69. The van der Waals surface area contributed by atoms with Gasteiger partial charge in [0.1, 0.15) is 0 Å². The van der Waals surface area contributed by atoms with Crippen LogP contribution in [0.3, 0.4) is 0 Å². The minimum atomic E-state index is 0.842. The Morgan fingerprint density at radius 1 is 0.900 bits per heavy atom. The molecular formula is C17H25N3. The van der Waals surface area contributed by atoms with Crippen LogP contribution in [0.4, 0.5) is 5.69 Å². The first-order chi connectivity index (χ1) is 9.65. The van der Waals surface area contributed by atoms with Crippen LogP contribution in [-0.2, 0) is 6.54 Å². The Kier molecular flexibility index (Phi) is 4.72. The number of benzene rings is 1. The second-order valence-electron chi connectivity index (χ2n) is 5.13. The molecule has 2 rings (SSSR count). The van der Waals surface area contributed by atoms with Crippen LogP contribution < -0.4 is 10.3 Å². The summed E-state index contributed by atoms with van der Waals surface area (Å²) in [4.78, 5) is 2.36. The quantitative estimate of drug-likeness (QED) is 0.864. The van der Waals surface area contributed by atoms with Crippen LogP contribution in [0.1, 0.15) is 30.8 Å². The predicted molar refractivity (Wildman–Crippen MR) is 87.0 cm³/mol. The standard InChI is InChI=1S/C17H25N3/c1-5-19(6-2)17-11-9-16(10-12-17)13-18-20-14(3)7-8-15(20)4/h7-12,18H,5-6,13H2,1-4H3. The van der Waals surface area contributed by atoms with Gasteiger partial charge in [0.2, 0.25) is 0 Å². The lowest BCUT2D eigenvalue weighted by molar-refractivity contribution is 0.791. The highest BCUT2D eigenvalue weighted by molar-refractivity contribution is 5.47. The fourth-order valence-electron chi connectivity index (χ4n) is 2.50. The lowest BCUT2D eigenvalue weighted by atomic mass is 10.2. The fraction of sp³-hybridized carbons (Fsp3) is 0.412. The molecule has 0 saturated carbocycles. The maximum atomic E-state index is 3.46. The van der Waals surface area contributed by atoms with E-state index >= 15 is 0 Å². The van der Waals surface area contributed by atoms with E-state index < -0.39 is 0 Å². The molecule has 0 atom stereocenters. The van der Waals surface area contributed by atoms with Gasteiger partial charge in [0.05, 0.1) is 6.54 Å². The van der Waals surface area contributed by atoms with Crippen molar-refractivity contribution < 1.29 is 0 Å². The third-order valence-corrected chi connectivity index (χ3v) is 3.78. The second kappa shape index (κ2) is 6.51. The second-order valence-corrected chi connectivity index (χ2v) is 5.13.